The van der Waals surface area contributed by atoms with Crippen molar-refractivity contribution in [3.63, 3.8) is 0 Å². The molecule has 2 heterocycles. The number of methoxy groups -OCH3 is 1. The summed E-state index contributed by atoms with van der Waals surface area (Å²) >= 11 is 7.77. The Balaban J connectivity index is 2.14. The number of carbonyl (C=O) groups is 2. The van der Waals surface area contributed by atoms with Gasteiger partial charge in [-0.2, -0.15) is 0 Å². The zero-order valence-corrected chi connectivity index (χ0v) is 22.4. The van der Waals surface area contributed by atoms with Crippen molar-refractivity contribution in [1.29, 1.82) is 0 Å². The number of carbonyl (C=O) groups excluding carboxylic acids is 2. The third kappa shape index (κ3) is 6.08. The maximum absolute atomic E-state index is 13.8. The fraction of sp³-hybridized carbons (Fsp3) is 0.500. The predicted molar refractivity (Wildman–Crippen MR) is 138 cm³/mol. The van der Waals surface area contributed by atoms with Gasteiger partial charge in [-0.15, -0.1) is 11.8 Å². The summed E-state index contributed by atoms with van der Waals surface area (Å²) in [4.78, 5) is 36.8. The van der Waals surface area contributed by atoms with Crippen LogP contribution < -0.4 is 5.32 Å². The van der Waals surface area contributed by atoms with Gasteiger partial charge >= 0.3 is 11.9 Å². The van der Waals surface area contributed by atoms with Crippen LogP contribution in [0.5, 0.6) is 0 Å². The van der Waals surface area contributed by atoms with Crippen LogP contribution in [0, 0.1) is 5.82 Å². The summed E-state index contributed by atoms with van der Waals surface area (Å²) in [6.07, 6.45) is 1.43. The lowest BCUT2D eigenvalue weighted by Crippen LogP contribution is -2.56. The molecule has 12 heteroatoms. The smallest absolute Gasteiger partial charge is 0.338 e. The van der Waals surface area contributed by atoms with E-state index in [9.17, 15) is 14.0 Å². The van der Waals surface area contributed by atoms with E-state index in [1.165, 1.54) is 37.1 Å². The molecule has 3 unspecified atom stereocenters. The number of aliphatic imine (C=N–C) groups is 2. The van der Waals surface area contributed by atoms with E-state index in [0.717, 1.165) is 0 Å². The summed E-state index contributed by atoms with van der Waals surface area (Å²) in [5, 5.41) is 3.94. The van der Waals surface area contributed by atoms with E-state index in [1.807, 2.05) is 11.2 Å². The standard InChI is InChI=1S/C24H30ClFN4O5S/c1-6-34-24(32)20-13(2)35-10-9-30(20)12-17-18(23(31)33-4)19(15-8-7-14(26)11-16(15)25)29-21(28-17)22(27-3)36-5/h7-8,11,13,19-20H,6,9-10,12H2,1-5H3,(H,28,29). The molecule has 0 radical (unpaired) electrons. The minimum absolute atomic E-state index is 0.120. The molecule has 1 N–H and O–H groups in total. The number of nitrogens with one attached hydrogen (secondary N) is 1. The second-order valence-corrected chi connectivity index (χ2v) is 9.23. The van der Waals surface area contributed by atoms with Crippen molar-refractivity contribution in [2.45, 2.75) is 32.0 Å². The summed E-state index contributed by atoms with van der Waals surface area (Å²) in [5.74, 6) is -1.12. The van der Waals surface area contributed by atoms with Gasteiger partial charge < -0.3 is 19.5 Å². The second-order valence-electron chi connectivity index (χ2n) is 8.03. The van der Waals surface area contributed by atoms with Gasteiger partial charge in [-0.05, 0) is 32.2 Å². The molecule has 3 rings (SSSR count). The van der Waals surface area contributed by atoms with Gasteiger partial charge in [0.2, 0.25) is 0 Å². The first-order chi connectivity index (χ1) is 17.2. The molecule has 3 atom stereocenters. The van der Waals surface area contributed by atoms with E-state index < -0.39 is 35.9 Å². The number of hydrogen-bond donors (Lipinski definition) is 1. The van der Waals surface area contributed by atoms with Crippen LogP contribution in [0.3, 0.4) is 0 Å². The van der Waals surface area contributed by atoms with Crippen molar-refractivity contribution in [1.82, 2.24) is 10.2 Å². The monoisotopic (exact) mass is 540 g/mol. The van der Waals surface area contributed by atoms with Crippen molar-refractivity contribution in [3.8, 4) is 0 Å². The van der Waals surface area contributed by atoms with Crippen molar-refractivity contribution in [2.24, 2.45) is 9.98 Å². The number of morpholine rings is 1. The molecular weight excluding hydrogens is 511 g/mol. The summed E-state index contributed by atoms with van der Waals surface area (Å²) in [7, 11) is 2.91. The summed E-state index contributed by atoms with van der Waals surface area (Å²) in [5.41, 5.74) is 1.10. The zero-order chi connectivity index (χ0) is 26.4. The van der Waals surface area contributed by atoms with Gasteiger partial charge in [0.1, 0.15) is 22.9 Å². The highest BCUT2D eigenvalue weighted by molar-refractivity contribution is 8.15. The molecule has 1 fully saturated rings. The van der Waals surface area contributed by atoms with Gasteiger partial charge in [-0.25, -0.2) is 9.18 Å². The molecule has 9 nitrogen and oxygen atoms in total. The zero-order valence-electron chi connectivity index (χ0n) is 20.8. The third-order valence-electron chi connectivity index (χ3n) is 5.87. The Morgan fingerprint density at radius 3 is 2.78 bits per heavy atom. The normalized spacial score (nSPS) is 23.1. The van der Waals surface area contributed by atoms with Crippen LogP contribution >= 0.6 is 23.4 Å². The highest BCUT2D eigenvalue weighted by atomic mass is 35.5. The highest BCUT2D eigenvalue weighted by Gasteiger charge is 2.40. The Kier molecular flexibility index (Phi) is 9.89. The lowest BCUT2D eigenvalue weighted by atomic mass is 9.94. The molecule has 1 aromatic carbocycles. The molecule has 1 saturated heterocycles. The van der Waals surface area contributed by atoms with E-state index >= 15 is 0 Å². The van der Waals surface area contributed by atoms with Crippen LogP contribution in [-0.2, 0) is 23.8 Å². The molecule has 0 saturated carbocycles. The first kappa shape index (κ1) is 28.1. The maximum atomic E-state index is 13.8. The number of benzene rings is 1. The molecule has 0 amide bonds. The number of ether oxygens (including phenoxy) is 3. The van der Waals surface area contributed by atoms with Crippen LogP contribution in [-0.4, -0.2) is 86.6 Å². The third-order valence-corrected chi connectivity index (χ3v) is 6.96. The minimum Gasteiger partial charge on any atom is -0.466 e. The van der Waals surface area contributed by atoms with Gasteiger partial charge in [0, 0.05) is 36.4 Å². The number of nitrogens with zero attached hydrogens (tertiary/aromatic N) is 3. The quantitative estimate of drug-likeness (QED) is 0.320. The summed E-state index contributed by atoms with van der Waals surface area (Å²) in [6.45, 7) is 4.78. The van der Waals surface area contributed by atoms with Gasteiger partial charge in [0.25, 0.3) is 0 Å². The van der Waals surface area contributed by atoms with E-state index in [-0.39, 0.29) is 23.7 Å². The van der Waals surface area contributed by atoms with Crippen molar-refractivity contribution < 1.29 is 28.2 Å². The van der Waals surface area contributed by atoms with E-state index in [1.54, 1.807) is 20.9 Å². The van der Waals surface area contributed by atoms with Crippen LogP contribution in [0.2, 0.25) is 5.02 Å². The Morgan fingerprint density at radius 2 is 2.17 bits per heavy atom. The fourth-order valence-electron chi connectivity index (χ4n) is 4.25. The minimum atomic E-state index is -0.889. The van der Waals surface area contributed by atoms with Crippen molar-refractivity contribution in [2.75, 3.05) is 46.7 Å². The molecule has 0 spiro atoms. The second kappa shape index (κ2) is 12.7. The molecule has 1 aromatic rings. The molecular formula is C24H30ClFN4O5S. The molecule has 0 bridgehead atoms. The van der Waals surface area contributed by atoms with Gasteiger partial charge in [-0.1, -0.05) is 17.7 Å². The molecule has 0 aliphatic carbocycles. The van der Waals surface area contributed by atoms with E-state index in [2.05, 4.69) is 10.3 Å². The number of amidine groups is 1. The van der Waals surface area contributed by atoms with E-state index in [4.69, 9.17) is 30.8 Å². The number of halogens is 2. The van der Waals surface area contributed by atoms with E-state index in [0.29, 0.717) is 35.3 Å². The first-order valence-corrected chi connectivity index (χ1v) is 13.0. The number of rotatable bonds is 7. The van der Waals surface area contributed by atoms with Crippen molar-refractivity contribution in [3.05, 3.63) is 45.9 Å². The Morgan fingerprint density at radius 1 is 1.42 bits per heavy atom. The molecule has 2 aliphatic rings. The number of hydrogen-bond acceptors (Lipinski definition) is 10. The maximum Gasteiger partial charge on any atom is 0.338 e. The summed E-state index contributed by atoms with van der Waals surface area (Å²) in [6, 6.07) is 2.36. The number of esters is 2. The topological polar surface area (TPSA) is 102 Å². The molecule has 0 aromatic heterocycles. The average molecular weight is 541 g/mol. The van der Waals surface area contributed by atoms with Crippen LogP contribution in [0.1, 0.15) is 25.5 Å². The molecule has 2 aliphatic heterocycles. The first-order valence-electron chi connectivity index (χ1n) is 11.4. The number of thioether (sulfide) groups is 1. The lowest BCUT2D eigenvalue weighted by molar-refractivity contribution is -0.161. The van der Waals surface area contributed by atoms with Crippen LogP contribution in [0.25, 0.3) is 0 Å². The van der Waals surface area contributed by atoms with Crippen LogP contribution in [0.15, 0.2) is 39.5 Å². The van der Waals surface area contributed by atoms with Crippen LogP contribution in [0.4, 0.5) is 4.39 Å². The Hall–Kier alpha value is -2.47. The Bertz CT molecular complexity index is 1100. The predicted octanol–water partition coefficient (Wildman–Crippen LogP) is 2.99. The van der Waals surface area contributed by atoms with Gasteiger partial charge in [0.15, 0.2) is 5.84 Å². The molecule has 196 valence electrons. The average Bonchev–Trinajstić information content (AvgIpc) is 2.84. The van der Waals surface area contributed by atoms with Gasteiger partial charge in [0.05, 0.1) is 32.0 Å². The lowest BCUT2D eigenvalue weighted by Gasteiger charge is -2.39. The molecule has 36 heavy (non-hydrogen) atoms. The van der Waals surface area contributed by atoms with Crippen molar-refractivity contribution >= 4 is 46.2 Å². The SMILES string of the molecule is CCOC(=O)C1C(C)OCCN1CC1=C(C(=O)OC)C(c2ccc(F)cc2Cl)N=C(C(=NC)SC)N1. The fourth-order valence-corrected chi connectivity index (χ4v) is 5.00. The van der Waals surface area contributed by atoms with Gasteiger partial charge in [-0.3, -0.25) is 19.7 Å². The highest BCUT2D eigenvalue weighted by Crippen LogP contribution is 2.36. The largest absolute Gasteiger partial charge is 0.466 e. The Labute approximate surface area is 219 Å². The summed E-state index contributed by atoms with van der Waals surface area (Å²) < 4.78 is 30.0.